The molecule has 1 aliphatic heterocycles. The first kappa shape index (κ1) is 13.2. The Labute approximate surface area is 111 Å². The zero-order valence-corrected chi connectivity index (χ0v) is 11.3. The van der Waals surface area contributed by atoms with Crippen LogP contribution in [0.2, 0.25) is 5.02 Å². The van der Waals surface area contributed by atoms with Crippen molar-refractivity contribution < 1.29 is 9.53 Å². The van der Waals surface area contributed by atoms with Gasteiger partial charge in [-0.2, -0.15) is 0 Å². The molecule has 0 aromatic heterocycles. The van der Waals surface area contributed by atoms with Crippen LogP contribution in [0.3, 0.4) is 0 Å². The number of rotatable bonds is 2. The van der Waals surface area contributed by atoms with Gasteiger partial charge in [0.05, 0.1) is 23.2 Å². The summed E-state index contributed by atoms with van der Waals surface area (Å²) < 4.78 is 5.54. The fourth-order valence-electron chi connectivity index (χ4n) is 1.88. The summed E-state index contributed by atoms with van der Waals surface area (Å²) in [4.78, 5) is 11.9. The summed E-state index contributed by atoms with van der Waals surface area (Å²) in [7, 11) is 0. The van der Waals surface area contributed by atoms with Crippen molar-refractivity contribution >= 4 is 17.5 Å². The second kappa shape index (κ2) is 4.78. The van der Waals surface area contributed by atoms with Gasteiger partial charge in [-0.15, -0.1) is 0 Å². The molecule has 3 N–H and O–H groups in total. The van der Waals surface area contributed by atoms with Crippen LogP contribution in [0.1, 0.15) is 31.9 Å². The van der Waals surface area contributed by atoms with Crippen LogP contribution in [-0.2, 0) is 4.79 Å². The lowest BCUT2D eigenvalue weighted by atomic mass is 9.98. The van der Waals surface area contributed by atoms with Gasteiger partial charge in [0.25, 0.3) is 0 Å². The number of nitrogens with one attached hydrogen (secondary N) is 1. The van der Waals surface area contributed by atoms with Gasteiger partial charge < -0.3 is 15.8 Å². The van der Waals surface area contributed by atoms with E-state index in [1.165, 1.54) is 0 Å². The molecule has 0 radical (unpaired) electrons. The summed E-state index contributed by atoms with van der Waals surface area (Å²) in [5.74, 6) is 0.478. The summed E-state index contributed by atoms with van der Waals surface area (Å²) in [6.45, 7) is 3.90. The minimum absolute atomic E-state index is 0.0947. The van der Waals surface area contributed by atoms with Crippen molar-refractivity contribution in [2.45, 2.75) is 31.8 Å². The fourth-order valence-corrected chi connectivity index (χ4v) is 2.12. The van der Waals surface area contributed by atoms with E-state index in [1.807, 2.05) is 12.1 Å². The topological polar surface area (TPSA) is 64.4 Å². The number of amides is 1. The first-order valence-electron chi connectivity index (χ1n) is 5.90. The van der Waals surface area contributed by atoms with E-state index in [-0.39, 0.29) is 11.9 Å². The quantitative estimate of drug-likeness (QED) is 0.862. The number of hydrogen-bond donors (Lipinski definition) is 2. The molecule has 4 nitrogen and oxygen atoms in total. The lowest BCUT2D eigenvalue weighted by Gasteiger charge is -2.29. The molecular weight excluding hydrogens is 252 g/mol. The van der Waals surface area contributed by atoms with Crippen LogP contribution in [0.15, 0.2) is 18.2 Å². The Kier molecular flexibility index (Phi) is 3.50. The Hall–Kier alpha value is -1.26. The third kappa shape index (κ3) is 2.60. The number of nitrogens with two attached hydrogens (primary N) is 1. The third-order valence-electron chi connectivity index (χ3n) is 2.92. The molecule has 0 bridgehead atoms. The molecule has 1 aromatic carbocycles. The van der Waals surface area contributed by atoms with Gasteiger partial charge in [-0.25, -0.2) is 0 Å². The van der Waals surface area contributed by atoms with Gasteiger partial charge in [-0.3, -0.25) is 4.79 Å². The minimum Gasteiger partial charge on any atom is -0.492 e. The monoisotopic (exact) mass is 268 g/mol. The Morgan fingerprint density at radius 2 is 2.28 bits per heavy atom. The highest BCUT2D eigenvalue weighted by Gasteiger charge is 2.29. The molecule has 1 aliphatic rings. The molecule has 18 heavy (non-hydrogen) atoms. The Morgan fingerprint density at radius 3 is 2.94 bits per heavy atom. The van der Waals surface area contributed by atoms with E-state index in [1.54, 1.807) is 19.9 Å². The Bertz CT molecular complexity index is 469. The molecule has 98 valence electrons. The molecule has 1 aromatic rings. The maximum Gasteiger partial charge on any atom is 0.239 e. The van der Waals surface area contributed by atoms with Gasteiger partial charge >= 0.3 is 0 Å². The number of para-hydroxylation sites is 1. The first-order valence-corrected chi connectivity index (χ1v) is 6.28. The van der Waals surface area contributed by atoms with Crippen molar-refractivity contribution in [1.29, 1.82) is 0 Å². The van der Waals surface area contributed by atoms with Gasteiger partial charge in [-0.05, 0) is 19.9 Å². The molecule has 0 spiro atoms. The summed E-state index contributed by atoms with van der Waals surface area (Å²) in [6, 6.07) is 5.44. The average molecular weight is 269 g/mol. The van der Waals surface area contributed by atoms with Crippen molar-refractivity contribution in [3.8, 4) is 5.75 Å². The van der Waals surface area contributed by atoms with E-state index in [2.05, 4.69) is 5.32 Å². The average Bonchev–Trinajstić information content (AvgIpc) is 2.29. The molecule has 0 fully saturated rings. The van der Waals surface area contributed by atoms with Crippen molar-refractivity contribution in [3.63, 3.8) is 0 Å². The minimum atomic E-state index is -0.892. The number of benzene rings is 1. The number of carbonyl (C=O) groups excluding carboxylic acids is 1. The highest BCUT2D eigenvalue weighted by molar-refractivity contribution is 6.32. The second-order valence-corrected chi connectivity index (χ2v) is 5.45. The molecule has 1 heterocycles. The summed E-state index contributed by atoms with van der Waals surface area (Å²) >= 11 is 6.07. The van der Waals surface area contributed by atoms with Crippen LogP contribution in [-0.4, -0.2) is 18.1 Å². The molecule has 1 unspecified atom stereocenters. The van der Waals surface area contributed by atoms with Crippen LogP contribution in [0.4, 0.5) is 0 Å². The third-order valence-corrected chi connectivity index (χ3v) is 3.21. The van der Waals surface area contributed by atoms with Crippen molar-refractivity contribution in [2.75, 3.05) is 6.61 Å². The van der Waals surface area contributed by atoms with Gasteiger partial charge in [0, 0.05) is 12.0 Å². The van der Waals surface area contributed by atoms with E-state index in [0.29, 0.717) is 17.4 Å². The predicted molar refractivity (Wildman–Crippen MR) is 70.7 cm³/mol. The highest BCUT2D eigenvalue weighted by Crippen LogP contribution is 2.37. The van der Waals surface area contributed by atoms with E-state index >= 15 is 0 Å². The molecular formula is C13H17ClN2O2. The van der Waals surface area contributed by atoms with Crippen LogP contribution in [0.5, 0.6) is 5.75 Å². The normalized spacial score (nSPS) is 18.8. The highest BCUT2D eigenvalue weighted by atomic mass is 35.5. The van der Waals surface area contributed by atoms with E-state index in [4.69, 9.17) is 22.1 Å². The number of carbonyl (C=O) groups is 1. The Balaban J connectivity index is 2.24. The van der Waals surface area contributed by atoms with E-state index in [9.17, 15) is 4.79 Å². The zero-order valence-electron chi connectivity index (χ0n) is 10.5. The number of ether oxygens (including phenoxy) is 1. The second-order valence-electron chi connectivity index (χ2n) is 5.04. The molecule has 5 heteroatoms. The van der Waals surface area contributed by atoms with Crippen LogP contribution in [0.25, 0.3) is 0 Å². The number of hydrogen-bond acceptors (Lipinski definition) is 3. The zero-order chi connectivity index (χ0) is 13.3. The standard InChI is InChI=1S/C13H17ClN2O2/c1-13(2,15)12(17)16-10-6-7-18-11-8(10)4-3-5-9(11)14/h3-5,10H,6-7,15H2,1-2H3,(H,16,17). The molecule has 2 rings (SSSR count). The van der Waals surface area contributed by atoms with Crippen LogP contribution in [0, 0.1) is 0 Å². The summed E-state index contributed by atoms with van der Waals surface area (Å²) in [5, 5.41) is 3.51. The lowest BCUT2D eigenvalue weighted by Crippen LogP contribution is -2.50. The van der Waals surface area contributed by atoms with Crippen molar-refractivity contribution in [1.82, 2.24) is 5.32 Å². The molecule has 0 aliphatic carbocycles. The molecule has 0 saturated carbocycles. The van der Waals surface area contributed by atoms with Crippen molar-refractivity contribution in [3.05, 3.63) is 28.8 Å². The maximum atomic E-state index is 11.9. The van der Waals surface area contributed by atoms with Gasteiger partial charge in [-0.1, -0.05) is 23.7 Å². The number of fused-ring (bicyclic) bond motifs is 1. The smallest absolute Gasteiger partial charge is 0.239 e. The molecule has 1 atom stereocenters. The van der Waals surface area contributed by atoms with Crippen molar-refractivity contribution in [2.24, 2.45) is 5.73 Å². The van der Waals surface area contributed by atoms with Crippen LogP contribution < -0.4 is 15.8 Å². The largest absolute Gasteiger partial charge is 0.492 e. The SMILES string of the molecule is CC(C)(N)C(=O)NC1CCOc2c(Cl)cccc21. The first-order chi connectivity index (χ1) is 8.39. The maximum absolute atomic E-state index is 11.9. The summed E-state index contributed by atoms with van der Waals surface area (Å²) in [5.41, 5.74) is 5.79. The van der Waals surface area contributed by atoms with Crippen LogP contribution >= 0.6 is 11.6 Å². The van der Waals surface area contributed by atoms with Gasteiger partial charge in [0.2, 0.25) is 5.91 Å². The molecule has 0 saturated heterocycles. The van der Waals surface area contributed by atoms with Gasteiger partial charge in [0.15, 0.2) is 0 Å². The molecule has 1 amide bonds. The fraction of sp³-hybridized carbons (Fsp3) is 0.462. The van der Waals surface area contributed by atoms with E-state index < -0.39 is 5.54 Å². The number of halogens is 1. The Morgan fingerprint density at radius 1 is 1.56 bits per heavy atom. The lowest BCUT2D eigenvalue weighted by molar-refractivity contribution is -0.126. The summed E-state index contributed by atoms with van der Waals surface area (Å²) in [6.07, 6.45) is 0.717. The predicted octanol–water partition coefficient (Wildman–Crippen LogP) is 2.02. The van der Waals surface area contributed by atoms with E-state index in [0.717, 1.165) is 12.0 Å². The van der Waals surface area contributed by atoms with Gasteiger partial charge in [0.1, 0.15) is 5.75 Å².